The molecule has 2 rings (SSSR count). The number of nitrogens with zero attached hydrogens (tertiary/aromatic N) is 2. The van der Waals surface area contributed by atoms with Gasteiger partial charge in [-0.05, 0) is 31.5 Å². The van der Waals surface area contributed by atoms with Crippen LogP contribution in [0.4, 0.5) is 4.39 Å². The summed E-state index contributed by atoms with van der Waals surface area (Å²) in [6, 6.07) is 4.07. The smallest absolute Gasteiger partial charge is 0.227 e. The molecule has 1 aliphatic rings. The lowest BCUT2D eigenvalue weighted by Gasteiger charge is -2.22. The van der Waals surface area contributed by atoms with E-state index in [2.05, 4.69) is 0 Å². The van der Waals surface area contributed by atoms with E-state index >= 15 is 0 Å². The number of sulfonamides is 1. The van der Waals surface area contributed by atoms with Crippen molar-refractivity contribution in [3.8, 4) is 5.75 Å². The first-order valence-corrected chi connectivity index (χ1v) is 9.56. The van der Waals surface area contributed by atoms with Crippen molar-refractivity contribution in [3.05, 3.63) is 29.6 Å². The number of halogens is 1. The van der Waals surface area contributed by atoms with Gasteiger partial charge in [-0.3, -0.25) is 4.79 Å². The first-order valence-electron chi connectivity index (χ1n) is 7.95. The quantitative estimate of drug-likeness (QED) is 0.795. The fourth-order valence-electron chi connectivity index (χ4n) is 2.76. The third kappa shape index (κ3) is 4.45. The minimum Gasteiger partial charge on any atom is -0.496 e. The van der Waals surface area contributed by atoms with Crippen LogP contribution in [0, 0.1) is 5.82 Å². The minimum absolute atomic E-state index is 0.0292. The summed E-state index contributed by atoms with van der Waals surface area (Å²) in [6.07, 6.45) is 0.618. The summed E-state index contributed by atoms with van der Waals surface area (Å²) in [4.78, 5) is 14.1. The Kier molecular flexibility index (Phi) is 6.17. The van der Waals surface area contributed by atoms with Crippen molar-refractivity contribution < 1.29 is 22.3 Å². The van der Waals surface area contributed by atoms with Gasteiger partial charge in [0.2, 0.25) is 15.9 Å². The molecule has 0 unspecified atom stereocenters. The fourth-order valence-corrected chi connectivity index (χ4v) is 3.90. The summed E-state index contributed by atoms with van der Waals surface area (Å²) in [7, 11) is -1.77. The van der Waals surface area contributed by atoms with Crippen LogP contribution in [0.1, 0.15) is 18.9 Å². The summed E-state index contributed by atoms with van der Waals surface area (Å²) in [5, 5.41) is 0. The topological polar surface area (TPSA) is 66.9 Å². The highest BCUT2D eigenvalue weighted by molar-refractivity contribution is 7.89. The Morgan fingerprint density at radius 2 is 2.00 bits per heavy atom. The number of ether oxygens (including phenoxy) is 1. The minimum atomic E-state index is -3.24. The van der Waals surface area contributed by atoms with Crippen LogP contribution in [-0.4, -0.2) is 62.6 Å². The van der Waals surface area contributed by atoms with E-state index in [0.717, 1.165) is 0 Å². The Morgan fingerprint density at radius 1 is 1.25 bits per heavy atom. The van der Waals surface area contributed by atoms with Crippen LogP contribution < -0.4 is 4.74 Å². The molecular formula is C16H23FN2O4S. The summed E-state index contributed by atoms with van der Waals surface area (Å²) in [6.45, 7) is 3.16. The predicted molar refractivity (Wildman–Crippen MR) is 88.9 cm³/mol. The maximum atomic E-state index is 13.4. The van der Waals surface area contributed by atoms with Crippen molar-refractivity contribution in [1.82, 2.24) is 9.21 Å². The summed E-state index contributed by atoms with van der Waals surface area (Å²) >= 11 is 0. The Balaban J connectivity index is 2.05. The molecule has 0 aliphatic carbocycles. The number of benzene rings is 1. The molecule has 6 nitrogen and oxygen atoms in total. The van der Waals surface area contributed by atoms with E-state index in [1.807, 2.05) is 0 Å². The second-order valence-corrected chi connectivity index (χ2v) is 7.92. The first-order chi connectivity index (χ1) is 11.4. The van der Waals surface area contributed by atoms with Gasteiger partial charge in [0.1, 0.15) is 11.6 Å². The molecule has 0 atom stereocenters. The van der Waals surface area contributed by atoms with Crippen molar-refractivity contribution >= 4 is 15.9 Å². The van der Waals surface area contributed by atoms with Gasteiger partial charge in [0.05, 0.1) is 19.3 Å². The van der Waals surface area contributed by atoms with Crippen LogP contribution in [-0.2, 0) is 21.2 Å². The third-order valence-corrected chi connectivity index (χ3v) is 6.03. The third-order valence-electron chi connectivity index (χ3n) is 4.15. The van der Waals surface area contributed by atoms with Crippen molar-refractivity contribution in [2.24, 2.45) is 0 Å². The lowest BCUT2D eigenvalue weighted by atomic mass is 10.1. The molecule has 0 saturated carbocycles. The number of rotatable bonds is 5. The van der Waals surface area contributed by atoms with Gasteiger partial charge in [0.25, 0.3) is 0 Å². The highest BCUT2D eigenvalue weighted by Gasteiger charge is 2.25. The summed E-state index contributed by atoms with van der Waals surface area (Å²) < 4.78 is 43.9. The number of carbonyl (C=O) groups is 1. The van der Waals surface area contributed by atoms with E-state index < -0.39 is 15.8 Å². The molecule has 8 heteroatoms. The average molecular weight is 358 g/mol. The van der Waals surface area contributed by atoms with Crippen molar-refractivity contribution in [2.45, 2.75) is 19.8 Å². The fraction of sp³-hybridized carbons (Fsp3) is 0.562. The molecule has 0 radical (unpaired) electrons. The van der Waals surface area contributed by atoms with Crippen LogP contribution in [0.5, 0.6) is 5.75 Å². The molecule has 0 aromatic heterocycles. The average Bonchev–Trinajstić information content (AvgIpc) is 2.81. The Bertz CT molecular complexity index is 693. The molecule has 1 fully saturated rings. The number of amides is 1. The van der Waals surface area contributed by atoms with Gasteiger partial charge >= 0.3 is 0 Å². The van der Waals surface area contributed by atoms with Crippen LogP contribution in [0.2, 0.25) is 0 Å². The zero-order valence-corrected chi connectivity index (χ0v) is 14.8. The zero-order valence-electron chi connectivity index (χ0n) is 14.0. The first kappa shape index (κ1) is 18.7. The second kappa shape index (κ2) is 7.94. The molecule has 1 saturated heterocycles. The maximum absolute atomic E-state index is 13.4. The Labute approximate surface area is 142 Å². The second-order valence-electron chi connectivity index (χ2n) is 5.67. The SMILES string of the molecule is CCS(=O)(=O)N1CCCN(C(=O)Cc2cc(F)ccc2OC)CC1. The lowest BCUT2D eigenvalue weighted by Crippen LogP contribution is -2.38. The standard InChI is InChI=1S/C16H23FN2O4S/c1-3-24(21,22)19-8-4-7-18(9-10-19)16(20)12-13-11-14(17)5-6-15(13)23-2/h5-6,11H,3-4,7-10,12H2,1-2H3. The van der Waals surface area contributed by atoms with Crippen LogP contribution in [0.15, 0.2) is 18.2 Å². The van der Waals surface area contributed by atoms with E-state index in [1.54, 1.807) is 11.8 Å². The van der Waals surface area contributed by atoms with Crippen LogP contribution >= 0.6 is 0 Å². The molecule has 24 heavy (non-hydrogen) atoms. The maximum Gasteiger partial charge on any atom is 0.227 e. The molecule has 134 valence electrons. The normalized spacial score (nSPS) is 16.7. The monoisotopic (exact) mass is 358 g/mol. The number of hydrogen-bond acceptors (Lipinski definition) is 4. The van der Waals surface area contributed by atoms with E-state index in [4.69, 9.17) is 4.74 Å². The lowest BCUT2D eigenvalue weighted by molar-refractivity contribution is -0.130. The Morgan fingerprint density at radius 3 is 2.67 bits per heavy atom. The van der Waals surface area contributed by atoms with E-state index in [0.29, 0.717) is 43.9 Å². The van der Waals surface area contributed by atoms with Crippen LogP contribution in [0.3, 0.4) is 0 Å². The van der Waals surface area contributed by atoms with Gasteiger partial charge in [-0.1, -0.05) is 0 Å². The molecule has 1 aromatic rings. The molecular weight excluding hydrogens is 335 g/mol. The van der Waals surface area contributed by atoms with Gasteiger partial charge in [-0.2, -0.15) is 0 Å². The molecule has 0 bridgehead atoms. The van der Waals surface area contributed by atoms with Gasteiger partial charge in [-0.15, -0.1) is 0 Å². The van der Waals surface area contributed by atoms with Crippen molar-refractivity contribution in [3.63, 3.8) is 0 Å². The van der Waals surface area contributed by atoms with E-state index in [1.165, 1.54) is 29.6 Å². The number of carbonyl (C=O) groups excluding carboxylic acids is 1. The zero-order chi connectivity index (χ0) is 17.7. The Hall–Kier alpha value is -1.67. The summed E-state index contributed by atoms with van der Waals surface area (Å²) in [5.41, 5.74) is 0.491. The molecule has 1 heterocycles. The highest BCUT2D eigenvalue weighted by Crippen LogP contribution is 2.21. The van der Waals surface area contributed by atoms with Gasteiger partial charge in [0, 0.05) is 31.7 Å². The number of hydrogen-bond donors (Lipinski definition) is 0. The van der Waals surface area contributed by atoms with Crippen molar-refractivity contribution in [2.75, 3.05) is 39.0 Å². The van der Waals surface area contributed by atoms with Crippen LogP contribution in [0.25, 0.3) is 0 Å². The molecule has 1 aliphatic heterocycles. The molecule has 1 aromatic carbocycles. The molecule has 0 spiro atoms. The highest BCUT2D eigenvalue weighted by atomic mass is 32.2. The van der Waals surface area contributed by atoms with Crippen molar-refractivity contribution in [1.29, 1.82) is 0 Å². The predicted octanol–water partition coefficient (Wildman–Crippen LogP) is 1.26. The summed E-state index contributed by atoms with van der Waals surface area (Å²) in [5.74, 6) is -0.0550. The van der Waals surface area contributed by atoms with Gasteiger partial charge < -0.3 is 9.64 Å². The number of methoxy groups -OCH3 is 1. The van der Waals surface area contributed by atoms with E-state index in [9.17, 15) is 17.6 Å². The molecule has 0 N–H and O–H groups in total. The van der Waals surface area contributed by atoms with E-state index in [-0.39, 0.29) is 18.1 Å². The van der Waals surface area contributed by atoms with Gasteiger partial charge in [-0.25, -0.2) is 17.1 Å². The molecule has 1 amide bonds. The largest absolute Gasteiger partial charge is 0.496 e. The van der Waals surface area contributed by atoms with Gasteiger partial charge in [0.15, 0.2) is 0 Å².